The van der Waals surface area contributed by atoms with Crippen molar-refractivity contribution in [3.05, 3.63) is 95.3 Å². The van der Waals surface area contributed by atoms with Crippen LogP contribution in [-0.4, -0.2) is 44.3 Å². The number of nitrogens with zero attached hydrogens (tertiary/aromatic N) is 2. The van der Waals surface area contributed by atoms with E-state index in [4.69, 9.17) is 11.6 Å². The van der Waals surface area contributed by atoms with Crippen molar-refractivity contribution in [1.82, 2.24) is 10.2 Å². The second-order valence-corrected chi connectivity index (χ2v) is 10.5. The van der Waals surface area contributed by atoms with Crippen molar-refractivity contribution in [2.24, 2.45) is 0 Å². The number of hydrogen-bond acceptors (Lipinski definition) is 4. The number of benzene rings is 3. The Balaban J connectivity index is 2.05. The number of anilines is 1. The molecule has 37 heavy (non-hydrogen) atoms. The lowest BCUT2D eigenvalue weighted by Crippen LogP contribution is -2.52. The molecule has 0 aliphatic heterocycles. The molecule has 3 aromatic carbocycles. The lowest BCUT2D eigenvalue weighted by Gasteiger charge is -2.33. The molecule has 7 nitrogen and oxygen atoms in total. The van der Waals surface area contributed by atoms with Gasteiger partial charge < -0.3 is 10.2 Å². The quantitative estimate of drug-likeness (QED) is 0.381. The molecule has 0 aliphatic rings. The highest BCUT2D eigenvalue weighted by Crippen LogP contribution is 2.27. The summed E-state index contributed by atoms with van der Waals surface area (Å²) in [6.45, 7) is 3.21. The maximum atomic E-state index is 14.9. The van der Waals surface area contributed by atoms with Crippen LogP contribution < -0.4 is 9.62 Å². The third kappa shape index (κ3) is 6.87. The molecule has 2 amide bonds. The zero-order valence-corrected chi connectivity index (χ0v) is 22.2. The highest BCUT2D eigenvalue weighted by atomic mass is 35.5. The SMILES string of the molecule is CCNC(=O)C(CC)N(Cc1ccc(Cl)cc1)C(=O)CN(c1ccccc1F)S(=O)(=O)c1ccccc1. The van der Waals surface area contributed by atoms with Gasteiger partial charge in [-0.25, -0.2) is 12.8 Å². The van der Waals surface area contributed by atoms with Gasteiger partial charge in [-0.1, -0.05) is 61.0 Å². The fraction of sp³-hybridized carbons (Fsp3) is 0.259. The van der Waals surface area contributed by atoms with E-state index in [1.807, 2.05) is 0 Å². The number of carbonyl (C=O) groups excluding carboxylic acids is 2. The van der Waals surface area contributed by atoms with Crippen LogP contribution in [0.25, 0.3) is 0 Å². The number of halogens is 2. The lowest BCUT2D eigenvalue weighted by atomic mass is 10.1. The molecule has 1 atom stereocenters. The molecular formula is C27H29ClFN3O4S. The van der Waals surface area contributed by atoms with Crippen LogP contribution in [0.5, 0.6) is 0 Å². The van der Waals surface area contributed by atoms with E-state index >= 15 is 0 Å². The van der Waals surface area contributed by atoms with Gasteiger partial charge in [-0.3, -0.25) is 13.9 Å². The van der Waals surface area contributed by atoms with Crippen LogP contribution in [0.15, 0.2) is 83.8 Å². The number of hydrogen-bond donors (Lipinski definition) is 1. The molecule has 0 heterocycles. The highest BCUT2D eigenvalue weighted by molar-refractivity contribution is 7.92. The number of rotatable bonds is 11. The Labute approximate surface area is 221 Å². The van der Waals surface area contributed by atoms with Gasteiger partial charge in [-0.05, 0) is 55.3 Å². The van der Waals surface area contributed by atoms with E-state index in [2.05, 4.69) is 5.32 Å². The van der Waals surface area contributed by atoms with E-state index in [1.165, 1.54) is 35.2 Å². The van der Waals surface area contributed by atoms with Gasteiger partial charge in [-0.15, -0.1) is 0 Å². The molecule has 3 rings (SSSR count). The molecule has 0 spiro atoms. The second-order valence-electron chi connectivity index (χ2n) is 8.24. The predicted octanol–water partition coefficient (Wildman–Crippen LogP) is 4.62. The summed E-state index contributed by atoms with van der Waals surface area (Å²) in [6, 6.07) is 18.8. The van der Waals surface area contributed by atoms with Gasteiger partial charge in [-0.2, -0.15) is 0 Å². The largest absolute Gasteiger partial charge is 0.355 e. The molecular weight excluding hydrogens is 517 g/mol. The summed E-state index contributed by atoms with van der Waals surface area (Å²) in [6.07, 6.45) is 0.288. The minimum atomic E-state index is -4.32. The monoisotopic (exact) mass is 545 g/mol. The number of carbonyl (C=O) groups is 2. The zero-order valence-electron chi connectivity index (χ0n) is 20.6. The number of likely N-dealkylation sites (N-methyl/N-ethyl adjacent to an activating group) is 1. The zero-order chi connectivity index (χ0) is 27.0. The maximum absolute atomic E-state index is 14.9. The minimum Gasteiger partial charge on any atom is -0.355 e. The van der Waals surface area contributed by atoms with E-state index in [0.29, 0.717) is 17.1 Å². The van der Waals surface area contributed by atoms with Crippen molar-refractivity contribution >= 4 is 39.1 Å². The van der Waals surface area contributed by atoms with Crippen LogP contribution in [0.2, 0.25) is 5.02 Å². The Bertz CT molecular complexity index is 1320. The molecule has 1 N–H and O–H groups in total. The van der Waals surface area contributed by atoms with Gasteiger partial charge in [0.15, 0.2) is 0 Å². The first kappa shape index (κ1) is 28.1. The summed E-state index contributed by atoms with van der Waals surface area (Å²) in [5.74, 6) is -1.82. The molecule has 0 saturated heterocycles. The molecule has 0 saturated carbocycles. The number of sulfonamides is 1. The van der Waals surface area contributed by atoms with Crippen molar-refractivity contribution in [3.63, 3.8) is 0 Å². The summed E-state index contributed by atoms with van der Waals surface area (Å²) in [5, 5.41) is 3.24. The third-order valence-corrected chi connectivity index (χ3v) is 7.76. The fourth-order valence-electron chi connectivity index (χ4n) is 3.89. The van der Waals surface area contributed by atoms with Gasteiger partial charge in [0.05, 0.1) is 10.6 Å². The Morgan fingerprint density at radius 1 is 0.946 bits per heavy atom. The molecule has 1 unspecified atom stereocenters. The average Bonchev–Trinajstić information content (AvgIpc) is 2.89. The molecule has 196 valence electrons. The van der Waals surface area contributed by atoms with Crippen LogP contribution in [0, 0.1) is 5.82 Å². The molecule has 0 aliphatic carbocycles. The number of para-hydroxylation sites is 1. The number of nitrogens with one attached hydrogen (secondary N) is 1. The third-order valence-electron chi connectivity index (χ3n) is 5.73. The van der Waals surface area contributed by atoms with Crippen LogP contribution in [0.4, 0.5) is 10.1 Å². The van der Waals surface area contributed by atoms with Crippen LogP contribution in [-0.2, 0) is 26.2 Å². The molecule has 0 bridgehead atoms. The van der Waals surface area contributed by atoms with Crippen molar-refractivity contribution in [3.8, 4) is 0 Å². The normalized spacial score (nSPS) is 12.0. The number of amides is 2. The van der Waals surface area contributed by atoms with E-state index < -0.39 is 34.3 Å². The molecule has 0 fully saturated rings. The summed E-state index contributed by atoms with van der Waals surface area (Å²) in [7, 11) is -4.32. The first-order chi connectivity index (χ1) is 17.7. The summed E-state index contributed by atoms with van der Waals surface area (Å²) < 4.78 is 42.8. The molecule has 0 aromatic heterocycles. The Kier molecular flexibility index (Phi) is 9.66. The first-order valence-electron chi connectivity index (χ1n) is 11.8. The molecule has 0 radical (unpaired) electrons. The Hall–Kier alpha value is -3.43. The van der Waals surface area contributed by atoms with E-state index in [1.54, 1.807) is 56.3 Å². The van der Waals surface area contributed by atoms with Gasteiger partial charge in [0.25, 0.3) is 10.0 Å². The smallest absolute Gasteiger partial charge is 0.264 e. The van der Waals surface area contributed by atoms with Crippen molar-refractivity contribution in [2.75, 3.05) is 17.4 Å². The second kappa shape index (κ2) is 12.7. The van der Waals surface area contributed by atoms with Gasteiger partial charge >= 0.3 is 0 Å². The van der Waals surface area contributed by atoms with Gasteiger partial charge in [0, 0.05) is 18.1 Å². The van der Waals surface area contributed by atoms with E-state index in [9.17, 15) is 22.4 Å². The van der Waals surface area contributed by atoms with Gasteiger partial charge in [0.2, 0.25) is 11.8 Å². The van der Waals surface area contributed by atoms with Crippen molar-refractivity contribution < 1.29 is 22.4 Å². The fourth-order valence-corrected chi connectivity index (χ4v) is 5.45. The summed E-state index contributed by atoms with van der Waals surface area (Å²) in [4.78, 5) is 27.9. The standard InChI is InChI=1S/C27H29ClFN3O4S/c1-3-24(27(34)30-4-2)31(18-20-14-16-21(28)17-15-20)26(33)19-32(25-13-9-8-12-23(25)29)37(35,36)22-10-6-5-7-11-22/h5-17,24H,3-4,18-19H2,1-2H3,(H,30,34). The topological polar surface area (TPSA) is 86.8 Å². The molecule has 3 aromatic rings. The predicted molar refractivity (Wildman–Crippen MR) is 142 cm³/mol. The van der Waals surface area contributed by atoms with Crippen molar-refractivity contribution in [2.45, 2.75) is 37.8 Å². The van der Waals surface area contributed by atoms with Crippen LogP contribution in [0.1, 0.15) is 25.8 Å². The average molecular weight is 546 g/mol. The first-order valence-corrected chi connectivity index (χ1v) is 13.6. The van der Waals surface area contributed by atoms with Gasteiger partial charge in [0.1, 0.15) is 18.4 Å². The minimum absolute atomic E-state index is 0.0299. The Morgan fingerprint density at radius 2 is 1.57 bits per heavy atom. The van der Waals surface area contributed by atoms with E-state index in [0.717, 1.165) is 10.4 Å². The molecule has 10 heteroatoms. The summed E-state index contributed by atoms with van der Waals surface area (Å²) >= 11 is 6.00. The van der Waals surface area contributed by atoms with Crippen molar-refractivity contribution in [1.29, 1.82) is 0 Å². The van der Waals surface area contributed by atoms with E-state index in [-0.39, 0.29) is 29.5 Å². The Morgan fingerprint density at radius 3 is 2.16 bits per heavy atom. The highest BCUT2D eigenvalue weighted by Gasteiger charge is 2.34. The summed E-state index contributed by atoms with van der Waals surface area (Å²) in [5.41, 5.74) is 0.432. The lowest BCUT2D eigenvalue weighted by molar-refractivity contribution is -0.140. The van der Waals surface area contributed by atoms with Crippen LogP contribution in [0.3, 0.4) is 0 Å². The van der Waals surface area contributed by atoms with Crippen LogP contribution >= 0.6 is 11.6 Å². The maximum Gasteiger partial charge on any atom is 0.264 e.